The molecule has 1 fully saturated rings. The average molecular weight is 260 g/mol. The predicted octanol–water partition coefficient (Wildman–Crippen LogP) is 0.451. The van der Waals surface area contributed by atoms with Gasteiger partial charge in [-0.2, -0.15) is 0 Å². The Morgan fingerprint density at radius 3 is 2.59 bits per heavy atom. The van der Waals surface area contributed by atoms with Crippen molar-refractivity contribution in [1.82, 2.24) is 9.84 Å². The van der Waals surface area contributed by atoms with E-state index in [-0.39, 0.29) is 17.5 Å². The maximum absolute atomic E-state index is 11.9. The van der Waals surface area contributed by atoms with Crippen molar-refractivity contribution in [1.29, 1.82) is 0 Å². The first kappa shape index (κ1) is 12.6. The largest absolute Gasteiger partial charge is 0.446 e. The quantitative estimate of drug-likeness (QED) is 0.821. The third-order valence-corrected chi connectivity index (χ3v) is 3.91. The molecule has 96 valence electrons. The second kappa shape index (κ2) is 5.18. The minimum Gasteiger partial charge on any atom is -0.446 e. The van der Waals surface area contributed by atoms with Crippen molar-refractivity contribution in [2.24, 2.45) is 0 Å². The molecule has 0 saturated carbocycles. The van der Waals surface area contributed by atoms with E-state index in [1.807, 2.05) is 0 Å². The van der Waals surface area contributed by atoms with Crippen LogP contribution in [-0.2, 0) is 16.6 Å². The minimum absolute atomic E-state index is 0.160. The first-order chi connectivity index (χ1) is 8.12. The number of hydrazine groups is 1. The van der Waals surface area contributed by atoms with Crippen molar-refractivity contribution < 1.29 is 17.9 Å². The summed E-state index contributed by atoms with van der Waals surface area (Å²) < 4.78 is 28.8. The molecular weight excluding hydrogens is 244 g/mol. The van der Waals surface area contributed by atoms with Gasteiger partial charge in [-0.25, -0.2) is 13.4 Å². The van der Waals surface area contributed by atoms with Gasteiger partial charge in [0.2, 0.25) is 5.09 Å². The summed E-state index contributed by atoms with van der Waals surface area (Å²) in [7, 11) is -3.65. The lowest BCUT2D eigenvalue weighted by Crippen LogP contribution is -2.44. The highest BCUT2D eigenvalue weighted by Crippen LogP contribution is 2.15. The number of piperidine rings is 1. The molecule has 0 aliphatic carbocycles. The van der Waals surface area contributed by atoms with Crippen molar-refractivity contribution in [2.75, 3.05) is 13.1 Å². The monoisotopic (exact) mass is 260 g/mol. The molecule has 0 radical (unpaired) electrons. The van der Waals surface area contributed by atoms with Gasteiger partial charge in [0.25, 0.3) is 10.0 Å². The zero-order valence-corrected chi connectivity index (χ0v) is 10.2. The van der Waals surface area contributed by atoms with Crippen LogP contribution < -0.4 is 4.83 Å². The molecule has 2 heterocycles. The molecule has 0 aromatic carbocycles. The van der Waals surface area contributed by atoms with Crippen LogP contribution in [0.1, 0.15) is 25.0 Å². The number of hydrogen-bond donors (Lipinski definition) is 2. The van der Waals surface area contributed by atoms with Gasteiger partial charge >= 0.3 is 0 Å². The van der Waals surface area contributed by atoms with Crippen molar-refractivity contribution in [3.8, 4) is 0 Å². The molecule has 1 aliphatic heterocycles. The van der Waals surface area contributed by atoms with Crippen molar-refractivity contribution in [3.05, 3.63) is 17.9 Å². The third kappa shape index (κ3) is 3.06. The highest BCUT2D eigenvalue weighted by molar-refractivity contribution is 7.89. The summed E-state index contributed by atoms with van der Waals surface area (Å²) in [6.45, 7) is 1.12. The van der Waals surface area contributed by atoms with Gasteiger partial charge in [-0.1, -0.05) is 6.42 Å². The average Bonchev–Trinajstić information content (AvgIpc) is 2.79. The van der Waals surface area contributed by atoms with E-state index in [1.54, 1.807) is 5.01 Å². The number of aliphatic hydroxyl groups is 1. The van der Waals surface area contributed by atoms with Gasteiger partial charge in [-0.05, 0) is 25.0 Å². The van der Waals surface area contributed by atoms with Gasteiger partial charge in [0, 0.05) is 13.1 Å². The Bertz CT molecular complexity index is 462. The molecule has 0 unspecified atom stereocenters. The number of aliphatic hydroxyl groups excluding tert-OH is 1. The second-order valence-electron chi connectivity index (χ2n) is 4.02. The summed E-state index contributed by atoms with van der Waals surface area (Å²) in [5.41, 5.74) is 0. The normalized spacial score (nSPS) is 18.4. The fourth-order valence-corrected chi connectivity index (χ4v) is 2.86. The van der Waals surface area contributed by atoms with E-state index >= 15 is 0 Å². The van der Waals surface area contributed by atoms with Crippen LogP contribution in [0.5, 0.6) is 0 Å². The summed E-state index contributed by atoms with van der Waals surface area (Å²) in [5, 5.41) is 10.3. The number of furan rings is 1. The molecule has 17 heavy (non-hydrogen) atoms. The zero-order chi connectivity index (χ0) is 12.3. The fourth-order valence-electron chi connectivity index (χ4n) is 1.79. The van der Waals surface area contributed by atoms with Gasteiger partial charge in [0.15, 0.2) is 0 Å². The highest BCUT2D eigenvalue weighted by atomic mass is 32.2. The number of hydrogen-bond acceptors (Lipinski definition) is 5. The maximum Gasteiger partial charge on any atom is 0.286 e. The lowest BCUT2D eigenvalue weighted by Gasteiger charge is -2.25. The van der Waals surface area contributed by atoms with Crippen LogP contribution in [0.15, 0.2) is 21.6 Å². The van der Waals surface area contributed by atoms with Crippen LogP contribution in [0, 0.1) is 0 Å². The SMILES string of the molecule is O=S(=O)(NN1CCCCC1)c1ccc(CO)o1. The Labute approximate surface area is 100 Å². The number of nitrogens with one attached hydrogen (secondary N) is 1. The van der Waals surface area contributed by atoms with Gasteiger partial charge in [0.1, 0.15) is 12.4 Å². The first-order valence-electron chi connectivity index (χ1n) is 5.59. The van der Waals surface area contributed by atoms with Crippen molar-refractivity contribution >= 4 is 10.0 Å². The van der Waals surface area contributed by atoms with Crippen molar-refractivity contribution in [3.63, 3.8) is 0 Å². The van der Waals surface area contributed by atoms with Crippen LogP contribution >= 0.6 is 0 Å². The zero-order valence-electron chi connectivity index (χ0n) is 9.42. The summed E-state index contributed by atoms with van der Waals surface area (Å²) in [5.74, 6) is 0.240. The Morgan fingerprint density at radius 2 is 2.00 bits per heavy atom. The van der Waals surface area contributed by atoms with Crippen LogP contribution in [0.4, 0.5) is 0 Å². The number of rotatable bonds is 4. The Morgan fingerprint density at radius 1 is 1.29 bits per heavy atom. The number of nitrogens with zero attached hydrogens (tertiary/aromatic N) is 1. The summed E-state index contributed by atoms with van der Waals surface area (Å²) in [6.07, 6.45) is 3.11. The van der Waals surface area contributed by atoms with Crippen LogP contribution in [0.2, 0.25) is 0 Å². The standard InChI is InChI=1S/C10H16N2O4S/c13-8-9-4-5-10(16-9)17(14,15)11-12-6-2-1-3-7-12/h4-5,11,13H,1-3,6-8H2. The summed E-state index contributed by atoms with van der Waals surface area (Å²) in [6, 6.07) is 2.79. The van der Waals surface area contributed by atoms with Gasteiger partial charge in [0.05, 0.1) is 0 Å². The van der Waals surface area contributed by atoms with E-state index in [9.17, 15) is 8.42 Å². The molecule has 2 N–H and O–H groups in total. The van der Waals surface area contributed by atoms with E-state index < -0.39 is 10.0 Å². The van der Waals surface area contributed by atoms with Gasteiger partial charge in [-0.15, -0.1) is 4.83 Å². The molecule has 1 aliphatic rings. The van der Waals surface area contributed by atoms with Gasteiger partial charge in [-0.3, -0.25) is 0 Å². The predicted molar refractivity (Wildman–Crippen MR) is 60.4 cm³/mol. The molecule has 0 atom stereocenters. The molecule has 1 saturated heterocycles. The van der Waals surface area contributed by atoms with E-state index in [0.29, 0.717) is 13.1 Å². The third-order valence-electron chi connectivity index (χ3n) is 2.66. The molecule has 2 rings (SSSR count). The Kier molecular flexibility index (Phi) is 3.82. The number of sulfonamides is 1. The lowest BCUT2D eigenvalue weighted by molar-refractivity contribution is 0.196. The summed E-state index contributed by atoms with van der Waals surface area (Å²) >= 11 is 0. The topological polar surface area (TPSA) is 82.8 Å². The van der Waals surface area contributed by atoms with Crippen molar-refractivity contribution in [2.45, 2.75) is 31.0 Å². The van der Waals surface area contributed by atoms with Crippen LogP contribution in [0.3, 0.4) is 0 Å². The molecule has 7 heteroatoms. The molecule has 6 nitrogen and oxygen atoms in total. The van der Waals surface area contributed by atoms with E-state index in [1.165, 1.54) is 12.1 Å². The molecular formula is C10H16N2O4S. The maximum atomic E-state index is 11.9. The second-order valence-corrected chi connectivity index (χ2v) is 5.61. The lowest BCUT2D eigenvalue weighted by atomic mass is 10.2. The van der Waals surface area contributed by atoms with Crippen LogP contribution in [-0.4, -0.2) is 31.6 Å². The first-order valence-corrected chi connectivity index (χ1v) is 7.07. The van der Waals surface area contributed by atoms with E-state index in [0.717, 1.165) is 19.3 Å². The Balaban J connectivity index is 2.07. The van der Waals surface area contributed by atoms with E-state index in [2.05, 4.69) is 4.83 Å². The summed E-state index contributed by atoms with van der Waals surface area (Å²) in [4.78, 5) is 2.48. The van der Waals surface area contributed by atoms with Crippen LogP contribution in [0.25, 0.3) is 0 Å². The van der Waals surface area contributed by atoms with Gasteiger partial charge < -0.3 is 9.52 Å². The minimum atomic E-state index is -3.65. The molecule has 1 aromatic rings. The Hall–Kier alpha value is -0.890. The molecule has 1 aromatic heterocycles. The molecule has 0 bridgehead atoms. The van der Waals surface area contributed by atoms with E-state index in [4.69, 9.17) is 9.52 Å². The molecule has 0 spiro atoms. The smallest absolute Gasteiger partial charge is 0.286 e. The fraction of sp³-hybridized carbons (Fsp3) is 0.600. The highest BCUT2D eigenvalue weighted by Gasteiger charge is 2.22. The molecule has 0 amide bonds.